The number of hydrogen-bond acceptors (Lipinski definition) is 3. The molecule has 0 saturated carbocycles. The molecule has 0 aromatic heterocycles. The Balaban J connectivity index is 2.63. The number of hydrogen-bond donors (Lipinski definition) is 1. The lowest BCUT2D eigenvalue weighted by Gasteiger charge is -2.28. The Morgan fingerprint density at radius 1 is 1.83 bits per heavy atom. The van der Waals surface area contributed by atoms with E-state index in [1.807, 2.05) is 0 Å². The van der Waals surface area contributed by atoms with Gasteiger partial charge in [-0.3, -0.25) is 0 Å². The fourth-order valence-corrected chi connectivity index (χ4v) is 2.97. The summed E-state index contributed by atoms with van der Waals surface area (Å²) in [6, 6.07) is 0. The Labute approximate surface area is 78.0 Å². The van der Waals surface area contributed by atoms with Crippen LogP contribution in [0.25, 0.3) is 0 Å². The molecule has 0 bridgehead atoms. The van der Waals surface area contributed by atoms with Crippen molar-refractivity contribution in [3.63, 3.8) is 0 Å². The second-order valence-electron chi connectivity index (χ2n) is 3.38. The molecule has 0 aromatic rings. The summed E-state index contributed by atoms with van der Waals surface area (Å²) < 4.78 is 4.96. The zero-order valence-corrected chi connectivity index (χ0v) is 8.49. The third-order valence-electron chi connectivity index (χ3n) is 2.44. The Kier molecular flexibility index (Phi) is 3.21. The van der Waals surface area contributed by atoms with E-state index in [2.05, 4.69) is 13.5 Å². The SMILES string of the molecule is C=C(COC)C1(O)CSCC1C. The van der Waals surface area contributed by atoms with Crippen molar-refractivity contribution in [1.29, 1.82) is 0 Å². The molecular formula is C9H16O2S. The standard InChI is InChI=1S/C9H16O2S/c1-7(4-11-3)9(10)6-12-5-8(9)2/h8,10H,1,4-6H2,2-3H3. The van der Waals surface area contributed by atoms with Crippen LogP contribution in [0.3, 0.4) is 0 Å². The van der Waals surface area contributed by atoms with Crippen LogP contribution in [-0.2, 0) is 4.74 Å². The first-order valence-corrected chi connectivity index (χ1v) is 5.24. The maximum Gasteiger partial charge on any atom is 0.0999 e. The van der Waals surface area contributed by atoms with Crippen molar-refractivity contribution in [2.24, 2.45) is 5.92 Å². The summed E-state index contributed by atoms with van der Waals surface area (Å²) in [6.07, 6.45) is 0. The first-order valence-electron chi connectivity index (χ1n) is 4.08. The maximum absolute atomic E-state index is 10.2. The molecule has 0 radical (unpaired) electrons. The number of rotatable bonds is 3. The molecule has 2 unspecified atom stereocenters. The molecule has 12 heavy (non-hydrogen) atoms. The molecule has 3 heteroatoms. The predicted octanol–water partition coefficient (Wildman–Crippen LogP) is 1.30. The molecule has 1 fully saturated rings. The summed E-state index contributed by atoms with van der Waals surface area (Å²) >= 11 is 1.78. The van der Waals surface area contributed by atoms with Gasteiger partial charge >= 0.3 is 0 Å². The highest BCUT2D eigenvalue weighted by Gasteiger charge is 2.40. The van der Waals surface area contributed by atoms with Gasteiger partial charge in [0.05, 0.1) is 12.2 Å². The first-order chi connectivity index (χ1) is 5.61. The van der Waals surface area contributed by atoms with Crippen molar-refractivity contribution in [2.45, 2.75) is 12.5 Å². The molecule has 1 aliphatic heterocycles. The van der Waals surface area contributed by atoms with Gasteiger partial charge < -0.3 is 9.84 Å². The average Bonchev–Trinajstić information content (AvgIpc) is 2.34. The van der Waals surface area contributed by atoms with Crippen LogP contribution in [0.4, 0.5) is 0 Å². The van der Waals surface area contributed by atoms with E-state index in [-0.39, 0.29) is 0 Å². The van der Waals surface area contributed by atoms with Crippen LogP contribution in [-0.4, -0.2) is 35.9 Å². The molecule has 1 heterocycles. The number of ether oxygens (including phenoxy) is 1. The minimum Gasteiger partial charge on any atom is -0.384 e. The third kappa shape index (κ3) is 1.68. The second-order valence-corrected chi connectivity index (χ2v) is 4.41. The van der Waals surface area contributed by atoms with E-state index in [0.29, 0.717) is 12.5 Å². The van der Waals surface area contributed by atoms with Gasteiger partial charge in [-0.15, -0.1) is 0 Å². The number of thioether (sulfide) groups is 1. The van der Waals surface area contributed by atoms with Crippen molar-refractivity contribution in [2.75, 3.05) is 25.2 Å². The summed E-state index contributed by atoms with van der Waals surface area (Å²) in [5, 5.41) is 10.2. The van der Waals surface area contributed by atoms with E-state index < -0.39 is 5.60 Å². The van der Waals surface area contributed by atoms with Gasteiger partial charge in [-0.2, -0.15) is 11.8 Å². The molecule has 1 rings (SSSR count). The van der Waals surface area contributed by atoms with Crippen LogP contribution in [0.1, 0.15) is 6.92 Å². The van der Waals surface area contributed by atoms with E-state index in [1.54, 1.807) is 18.9 Å². The minimum absolute atomic E-state index is 0.296. The lowest BCUT2D eigenvalue weighted by molar-refractivity contribution is 0.0486. The smallest absolute Gasteiger partial charge is 0.0999 e. The summed E-state index contributed by atoms with van der Waals surface area (Å²) in [6.45, 7) is 6.38. The van der Waals surface area contributed by atoms with E-state index in [1.165, 1.54) is 0 Å². The quantitative estimate of drug-likeness (QED) is 0.677. The van der Waals surface area contributed by atoms with Gasteiger partial charge in [0.25, 0.3) is 0 Å². The molecule has 70 valence electrons. The van der Waals surface area contributed by atoms with Crippen LogP contribution in [0.5, 0.6) is 0 Å². The van der Waals surface area contributed by atoms with Gasteiger partial charge in [0.2, 0.25) is 0 Å². The molecule has 1 N–H and O–H groups in total. The second kappa shape index (κ2) is 3.81. The molecule has 1 saturated heterocycles. The van der Waals surface area contributed by atoms with E-state index in [9.17, 15) is 5.11 Å². The van der Waals surface area contributed by atoms with Gasteiger partial charge in [-0.1, -0.05) is 13.5 Å². The van der Waals surface area contributed by atoms with Gasteiger partial charge in [0.15, 0.2) is 0 Å². The average molecular weight is 188 g/mol. The van der Waals surface area contributed by atoms with Crippen LogP contribution in [0.15, 0.2) is 12.2 Å². The Hall–Kier alpha value is 0.0100. The summed E-state index contributed by atoms with van der Waals surface area (Å²) in [5.74, 6) is 2.07. The minimum atomic E-state index is -0.694. The van der Waals surface area contributed by atoms with Crippen molar-refractivity contribution >= 4 is 11.8 Å². The van der Waals surface area contributed by atoms with E-state index >= 15 is 0 Å². The van der Waals surface area contributed by atoms with Crippen LogP contribution in [0.2, 0.25) is 0 Å². The number of aliphatic hydroxyl groups is 1. The fourth-order valence-electron chi connectivity index (χ4n) is 1.42. The molecule has 2 nitrogen and oxygen atoms in total. The molecule has 1 aliphatic rings. The molecule has 2 atom stereocenters. The van der Waals surface area contributed by atoms with Crippen LogP contribution >= 0.6 is 11.8 Å². The molecule has 0 amide bonds. The Morgan fingerprint density at radius 2 is 2.50 bits per heavy atom. The van der Waals surface area contributed by atoms with Gasteiger partial charge in [0.1, 0.15) is 0 Å². The van der Waals surface area contributed by atoms with Crippen molar-refractivity contribution in [1.82, 2.24) is 0 Å². The molecular weight excluding hydrogens is 172 g/mol. The largest absolute Gasteiger partial charge is 0.384 e. The lowest BCUT2D eigenvalue weighted by atomic mass is 9.86. The summed E-state index contributed by atoms with van der Waals surface area (Å²) in [7, 11) is 1.63. The van der Waals surface area contributed by atoms with Gasteiger partial charge in [0, 0.05) is 12.9 Å². The highest BCUT2D eigenvalue weighted by Crippen LogP contribution is 2.37. The van der Waals surface area contributed by atoms with Crippen molar-refractivity contribution in [3.8, 4) is 0 Å². The summed E-state index contributed by atoms with van der Waals surface area (Å²) in [4.78, 5) is 0. The van der Waals surface area contributed by atoms with E-state index in [4.69, 9.17) is 4.74 Å². The molecule has 0 aromatic carbocycles. The summed E-state index contributed by atoms with van der Waals surface area (Å²) in [5.41, 5.74) is 0.114. The highest BCUT2D eigenvalue weighted by atomic mass is 32.2. The van der Waals surface area contributed by atoms with Gasteiger partial charge in [-0.05, 0) is 17.2 Å². The Morgan fingerprint density at radius 3 is 2.92 bits per heavy atom. The topological polar surface area (TPSA) is 29.5 Å². The van der Waals surface area contributed by atoms with Crippen molar-refractivity contribution in [3.05, 3.63) is 12.2 Å². The van der Waals surface area contributed by atoms with E-state index in [0.717, 1.165) is 17.1 Å². The fraction of sp³-hybridized carbons (Fsp3) is 0.778. The predicted molar refractivity (Wildman–Crippen MR) is 52.5 cm³/mol. The van der Waals surface area contributed by atoms with Crippen LogP contribution < -0.4 is 0 Å². The molecule has 0 spiro atoms. The third-order valence-corrected chi connectivity index (χ3v) is 3.82. The monoisotopic (exact) mass is 188 g/mol. The maximum atomic E-state index is 10.2. The van der Waals surface area contributed by atoms with Gasteiger partial charge in [-0.25, -0.2) is 0 Å². The van der Waals surface area contributed by atoms with Crippen LogP contribution in [0, 0.1) is 5.92 Å². The normalized spacial score (nSPS) is 35.4. The first kappa shape index (κ1) is 10.1. The molecule has 0 aliphatic carbocycles. The zero-order chi connectivity index (χ0) is 9.19. The van der Waals surface area contributed by atoms with Crippen molar-refractivity contribution < 1.29 is 9.84 Å². The highest BCUT2D eigenvalue weighted by molar-refractivity contribution is 7.99. The number of methoxy groups -OCH3 is 1. The lowest BCUT2D eigenvalue weighted by Crippen LogP contribution is -2.38. The Bertz CT molecular complexity index is 181. The zero-order valence-electron chi connectivity index (χ0n) is 7.67.